The van der Waals surface area contributed by atoms with Crippen molar-refractivity contribution in [3.63, 3.8) is 0 Å². The number of nitrogens with one attached hydrogen (secondary N) is 2. The molecule has 3 nitrogen and oxygen atoms in total. The van der Waals surface area contributed by atoms with Crippen LogP contribution < -0.4 is 10.6 Å². The van der Waals surface area contributed by atoms with Gasteiger partial charge in [-0.15, -0.1) is 24.0 Å². The Bertz CT molecular complexity index is 431. The standard InChI is InChI=1S/C14H20BrN3.HI/c1-9(2)17-14(16-3)18-13-8-12(13)10-4-6-11(15)7-5-10;/h4-7,9,12-13H,8H2,1-3H3,(H2,16,17,18);1H. The van der Waals surface area contributed by atoms with Gasteiger partial charge in [0.2, 0.25) is 0 Å². The van der Waals surface area contributed by atoms with Gasteiger partial charge < -0.3 is 10.6 Å². The molecule has 1 saturated carbocycles. The molecule has 0 saturated heterocycles. The van der Waals surface area contributed by atoms with Gasteiger partial charge in [0, 0.05) is 29.5 Å². The van der Waals surface area contributed by atoms with Gasteiger partial charge in [-0.25, -0.2) is 0 Å². The lowest BCUT2D eigenvalue weighted by Crippen LogP contribution is -2.42. The zero-order chi connectivity index (χ0) is 13.1. The number of rotatable bonds is 3. The average Bonchev–Trinajstić information content (AvgIpc) is 3.08. The summed E-state index contributed by atoms with van der Waals surface area (Å²) in [7, 11) is 1.81. The molecule has 0 bridgehead atoms. The fourth-order valence-electron chi connectivity index (χ4n) is 2.05. The summed E-state index contributed by atoms with van der Waals surface area (Å²) in [6, 6.07) is 9.50. The molecule has 1 fully saturated rings. The molecule has 2 unspecified atom stereocenters. The van der Waals surface area contributed by atoms with E-state index in [0.29, 0.717) is 18.0 Å². The first-order valence-electron chi connectivity index (χ1n) is 6.35. The van der Waals surface area contributed by atoms with E-state index in [2.05, 4.69) is 69.7 Å². The Morgan fingerprint density at radius 3 is 2.47 bits per heavy atom. The van der Waals surface area contributed by atoms with E-state index in [4.69, 9.17) is 0 Å². The van der Waals surface area contributed by atoms with Crippen LogP contribution in [0.5, 0.6) is 0 Å². The quantitative estimate of drug-likeness (QED) is 0.431. The van der Waals surface area contributed by atoms with E-state index in [1.165, 1.54) is 12.0 Å². The first kappa shape index (κ1) is 16.8. The highest BCUT2D eigenvalue weighted by molar-refractivity contribution is 14.0. The molecule has 2 N–H and O–H groups in total. The second-order valence-corrected chi connectivity index (χ2v) is 5.93. The molecule has 0 aromatic heterocycles. The van der Waals surface area contributed by atoms with Crippen molar-refractivity contribution in [3.05, 3.63) is 34.3 Å². The summed E-state index contributed by atoms with van der Waals surface area (Å²) in [6.45, 7) is 4.23. The normalized spacial score (nSPS) is 21.8. The van der Waals surface area contributed by atoms with Gasteiger partial charge in [-0.2, -0.15) is 0 Å². The van der Waals surface area contributed by atoms with Crippen LogP contribution in [0.15, 0.2) is 33.7 Å². The number of halogens is 2. The molecule has 1 aliphatic carbocycles. The summed E-state index contributed by atoms with van der Waals surface area (Å²) in [5.74, 6) is 1.51. The van der Waals surface area contributed by atoms with Crippen LogP contribution in [0.1, 0.15) is 31.7 Å². The number of aliphatic imine (C=N–C) groups is 1. The molecule has 106 valence electrons. The van der Waals surface area contributed by atoms with Crippen LogP contribution in [0.4, 0.5) is 0 Å². The monoisotopic (exact) mass is 437 g/mol. The van der Waals surface area contributed by atoms with Crippen LogP contribution in [-0.2, 0) is 0 Å². The third kappa shape index (κ3) is 4.95. The summed E-state index contributed by atoms with van der Waals surface area (Å²) in [5.41, 5.74) is 1.40. The third-order valence-corrected chi connectivity index (χ3v) is 3.59. The van der Waals surface area contributed by atoms with Gasteiger partial charge in [-0.3, -0.25) is 4.99 Å². The van der Waals surface area contributed by atoms with Crippen molar-refractivity contribution in [2.45, 2.75) is 38.3 Å². The summed E-state index contributed by atoms with van der Waals surface area (Å²) in [4.78, 5) is 4.24. The highest BCUT2D eigenvalue weighted by Gasteiger charge is 2.38. The highest BCUT2D eigenvalue weighted by Crippen LogP contribution is 2.40. The number of hydrogen-bond donors (Lipinski definition) is 2. The van der Waals surface area contributed by atoms with Gasteiger partial charge in [-0.1, -0.05) is 28.1 Å². The van der Waals surface area contributed by atoms with Gasteiger partial charge in [0.25, 0.3) is 0 Å². The molecule has 1 aliphatic rings. The number of benzene rings is 1. The highest BCUT2D eigenvalue weighted by atomic mass is 127. The van der Waals surface area contributed by atoms with E-state index in [1.807, 2.05) is 7.05 Å². The zero-order valence-corrected chi connectivity index (χ0v) is 15.4. The predicted octanol–water partition coefficient (Wildman–Crippen LogP) is 3.50. The van der Waals surface area contributed by atoms with Gasteiger partial charge in [0.05, 0.1) is 0 Å². The molecule has 0 heterocycles. The molecule has 0 amide bonds. The van der Waals surface area contributed by atoms with Crippen LogP contribution >= 0.6 is 39.9 Å². The van der Waals surface area contributed by atoms with Crippen LogP contribution in [0.3, 0.4) is 0 Å². The first-order chi connectivity index (χ1) is 8.60. The Kier molecular flexibility index (Phi) is 6.59. The van der Waals surface area contributed by atoms with Crippen LogP contribution in [0.2, 0.25) is 0 Å². The topological polar surface area (TPSA) is 36.4 Å². The minimum absolute atomic E-state index is 0. The molecule has 2 rings (SSSR count). The van der Waals surface area contributed by atoms with Gasteiger partial charge in [0.1, 0.15) is 0 Å². The molecule has 0 aliphatic heterocycles. The molecule has 1 aromatic carbocycles. The summed E-state index contributed by atoms with van der Waals surface area (Å²) < 4.78 is 1.13. The Morgan fingerprint density at radius 1 is 1.32 bits per heavy atom. The van der Waals surface area contributed by atoms with E-state index < -0.39 is 0 Å². The van der Waals surface area contributed by atoms with Gasteiger partial charge in [0.15, 0.2) is 5.96 Å². The van der Waals surface area contributed by atoms with Crippen LogP contribution in [0, 0.1) is 0 Å². The molecule has 19 heavy (non-hydrogen) atoms. The molecule has 0 spiro atoms. The summed E-state index contributed by atoms with van der Waals surface area (Å²) in [5, 5.41) is 6.78. The SMILES string of the molecule is CN=C(NC(C)C)NC1CC1c1ccc(Br)cc1.I. The van der Waals surface area contributed by atoms with Crippen molar-refractivity contribution in [3.8, 4) is 0 Å². The molecule has 2 atom stereocenters. The van der Waals surface area contributed by atoms with Gasteiger partial charge in [-0.05, 0) is 38.0 Å². The second-order valence-electron chi connectivity index (χ2n) is 5.02. The summed E-state index contributed by atoms with van der Waals surface area (Å²) >= 11 is 3.46. The molecular formula is C14H21BrIN3. The smallest absolute Gasteiger partial charge is 0.191 e. The minimum Gasteiger partial charge on any atom is -0.354 e. The third-order valence-electron chi connectivity index (χ3n) is 3.06. The number of guanidine groups is 1. The summed E-state index contributed by atoms with van der Waals surface area (Å²) in [6.07, 6.45) is 1.18. The molecule has 5 heteroatoms. The Balaban J connectivity index is 0.00000180. The fraction of sp³-hybridized carbons (Fsp3) is 0.500. The Hall–Kier alpha value is -0.300. The Labute approximate surface area is 140 Å². The molecule has 0 radical (unpaired) electrons. The molecular weight excluding hydrogens is 417 g/mol. The average molecular weight is 438 g/mol. The maximum atomic E-state index is 4.24. The van der Waals surface area contributed by atoms with Crippen molar-refractivity contribution >= 4 is 45.9 Å². The van der Waals surface area contributed by atoms with Crippen LogP contribution in [-0.4, -0.2) is 25.1 Å². The van der Waals surface area contributed by atoms with Crippen molar-refractivity contribution in [2.75, 3.05) is 7.05 Å². The minimum atomic E-state index is 0. The lowest BCUT2D eigenvalue weighted by Gasteiger charge is -2.14. The van der Waals surface area contributed by atoms with E-state index in [1.54, 1.807) is 0 Å². The number of hydrogen-bond acceptors (Lipinski definition) is 1. The van der Waals surface area contributed by atoms with Crippen molar-refractivity contribution < 1.29 is 0 Å². The largest absolute Gasteiger partial charge is 0.354 e. The van der Waals surface area contributed by atoms with Crippen molar-refractivity contribution in [1.29, 1.82) is 0 Å². The maximum Gasteiger partial charge on any atom is 0.191 e. The lowest BCUT2D eigenvalue weighted by atomic mass is 10.1. The lowest BCUT2D eigenvalue weighted by molar-refractivity contribution is 0.695. The second kappa shape index (κ2) is 7.47. The van der Waals surface area contributed by atoms with E-state index >= 15 is 0 Å². The first-order valence-corrected chi connectivity index (χ1v) is 7.14. The predicted molar refractivity (Wildman–Crippen MR) is 95.5 cm³/mol. The fourth-order valence-corrected chi connectivity index (χ4v) is 2.32. The van der Waals surface area contributed by atoms with E-state index in [0.717, 1.165) is 10.4 Å². The number of nitrogens with zero attached hydrogens (tertiary/aromatic N) is 1. The van der Waals surface area contributed by atoms with E-state index in [9.17, 15) is 0 Å². The van der Waals surface area contributed by atoms with Crippen molar-refractivity contribution in [1.82, 2.24) is 10.6 Å². The van der Waals surface area contributed by atoms with Crippen LogP contribution in [0.25, 0.3) is 0 Å². The Morgan fingerprint density at radius 2 is 1.95 bits per heavy atom. The molecule has 1 aromatic rings. The maximum absolute atomic E-state index is 4.24. The van der Waals surface area contributed by atoms with E-state index in [-0.39, 0.29) is 24.0 Å². The zero-order valence-electron chi connectivity index (χ0n) is 11.5. The van der Waals surface area contributed by atoms with Crippen molar-refractivity contribution in [2.24, 2.45) is 4.99 Å². The van der Waals surface area contributed by atoms with Gasteiger partial charge >= 0.3 is 0 Å².